The number of ether oxygens (including phenoxy) is 2. The van der Waals surface area contributed by atoms with Gasteiger partial charge in [0, 0.05) is 6.07 Å². The first-order chi connectivity index (χ1) is 7.69. The lowest BCUT2D eigenvalue weighted by atomic mass is 10.2. The van der Waals surface area contributed by atoms with Gasteiger partial charge in [-0.1, -0.05) is 6.92 Å². The van der Waals surface area contributed by atoms with Crippen molar-refractivity contribution in [2.24, 2.45) is 0 Å². The molecule has 0 radical (unpaired) electrons. The van der Waals surface area contributed by atoms with Crippen LogP contribution in [-0.2, 0) is 6.42 Å². The first-order valence-electron chi connectivity index (χ1n) is 6.01. The number of aryl methyl sites for hydroxylation is 1. The fraction of sp³-hybridized carbons (Fsp3) is 0.615. The molecule has 1 heterocycles. The maximum atomic E-state index is 5.74. The molecule has 1 saturated carbocycles. The quantitative estimate of drug-likeness (QED) is 0.766. The highest BCUT2D eigenvalue weighted by molar-refractivity contribution is 5.35. The predicted octanol–water partition coefficient (Wildman–Crippen LogP) is 2.97. The minimum Gasteiger partial charge on any atom is -0.489 e. The van der Waals surface area contributed by atoms with Gasteiger partial charge in [0.25, 0.3) is 0 Å². The topological polar surface area (TPSA) is 31.4 Å². The van der Waals surface area contributed by atoms with Gasteiger partial charge in [-0.05, 0) is 33.1 Å². The average molecular weight is 221 g/mol. The summed E-state index contributed by atoms with van der Waals surface area (Å²) in [5, 5.41) is 0. The number of aromatic nitrogens is 1. The van der Waals surface area contributed by atoms with Crippen LogP contribution in [0.2, 0.25) is 0 Å². The summed E-state index contributed by atoms with van der Waals surface area (Å²) in [7, 11) is 0. The van der Waals surface area contributed by atoms with E-state index < -0.39 is 0 Å². The molecule has 1 aromatic rings. The molecule has 0 aliphatic heterocycles. The lowest BCUT2D eigenvalue weighted by Crippen LogP contribution is -2.09. The molecule has 0 bridgehead atoms. The zero-order valence-corrected chi connectivity index (χ0v) is 10.2. The van der Waals surface area contributed by atoms with E-state index in [1.807, 2.05) is 19.9 Å². The SMILES string of the molecule is CCc1ncc(OC2CC2)cc1OC(C)C. The minimum atomic E-state index is 0.170. The largest absolute Gasteiger partial charge is 0.489 e. The molecule has 16 heavy (non-hydrogen) atoms. The molecule has 1 aliphatic carbocycles. The Morgan fingerprint density at radius 2 is 2.19 bits per heavy atom. The highest BCUT2D eigenvalue weighted by atomic mass is 16.5. The summed E-state index contributed by atoms with van der Waals surface area (Å²) in [6.45, 7) is 6.12. The van der Waals surface area contributed by atoms with E-state index in [1.54, 1.807) is 6.20 Å². The van der Waals surface area contributed by atoms with Crippen molar-refractivity contribution in [2.45, 2.75) is 52.2 Å². The maximum Gasteiger partial charge on any atom is 0.144 e. The van der Waals surface area contributed by atoms with E-state index in [0.717, 1.165) is 36.5 Å². The lowest BCUT2D eigenvalue weighted by molar-refractivity contribution is 0.235. The Kier molecular flexibility index (Phi) is 3.32. The molecule has 3 nitrogen and oxygen atoms in total. The van der Waals surface area contributed by atoms with E-state index in [2.05, 4.69) is 11.9 Å². The molecule has 2 rings (SSSR count). The zero-order valence-electron chi connectivity index (χ0n) is 10.2. The van der Waals surface area contributed by atoms with Gasteiger partial charge in [0.15, 0.2) is 0 Å². The Hall–Kier alpha value is -1.25. The van der Waals surface area contributed by atoms with Crippen molar-refractivity contribution in [3.63, 3.8) is 0 Å². The molecule has 88 valence electrons. The average Bonchev–Trinajstić information content (AvgIpc) is 3.01. The van der Waals surface area contributed by atoms with Gasteiger partial charge >= 0.3 is 0 Å². The van der Waals surface area contributed by atoms with Crippen molar-refractivity contribution >= 4 is 0 Å². The smallest absolute Gasteiger partial charge is 0.144 e. The van der Waals surface area contributed by atoms with Crippen molar-refractivity contribution < 1.29 is 9.47 Å². The van der Waals surface area contributed by atoms with Crippen LogP contribution in [0.5, 0.6) is 11.5 Å². The maximum absolute atomic E-state index is 5.74. The lowest BCUT2D eigenvalue weighted by Gasteiger charge is -2.14. The molecule has 0 spiro atoms. The predicted molar refractivity (Wildman–Crippen MR) is 63.0 cm³/mol. The Balaban J connectivity index is 2.15. The van der Waals surface area contributed by atoms with Crippen molar-refractivity contribution in [3.8, 4) is 11.5 Å². The molecule has 0 amide bonds. The van der Waals surface area contributed by atoms with Crippen LogP contribution in [0.1, 0.15) is 39.3 Å². The minimum absolute atomic E-state index is 0.170. The number of hydrogen-bond donors (Lipinski definition) is 0. The summed E-state index contributed by atoms with van der Waals surface area (Å²) in [5.74, 6) is 1.69. The first kappa shape index (κ1) is 11.2. The number of rotatable bonds is 5. The molecule has 1 aliphatic rings. The summed E-state index contributed by atoms with van der Waals surface area (Å²) in [5.41, 5.74) is 0.997. The molecule has 1 fully saturated rings. The fourth-order valence-corrected chi connectivity index (χ4v) is 1.52. The van der Waals surface area contributed by atoms with Crippen LogP contribution < -0.4 is 9.47 Å². The number of hydrogen-bond acceptors (Lipinski definition) is 3. The van der Waals surface area contributed by atoms with Crippen LogP contribution in [0.25, 0.3) is 0 Å². The van der Waals surface area contributed by atoms with Crippen LogP contribution in [0.4, 0.5) is 0 Å². The summed E-state index contributed by atoms with van der Waals surface area (Å²) >= 11 is 0. The van der Waals surface area contributed by atoms with Crippen LogP contribution >= 0.6 is 0 Å². The second kappa shape index (κ2) is 4.73. The molecule has 1 aromatic heterocycles. The van der Waals surface area contributed by atoms with E-state index in [1.165, 1.54) is 0 Å². The Morgan fingerprint density at radius 1 is 1.44 bits per heavy atom. The molecule has 0 saturated heterocycles. The van der Waals surface area contributed by atoms with Gasteiger partial charge in [-0.2, -0.15) is 0 Å². The van der Waals surface area contributed by atoms with Gasteiger partial charge in [-0.25, -0.2) is 0 Å². The molecular weight excluding hydrogens is 202 g/mol. The monoisotopic (exact) mass is 221 g/mol. The molecule has 0 aromatic carbocycles. The van der Waals surface area contributed by atoms with Gasteiger partial charge < -0.3 is 9.47 Å². The Labute approximate surface area is 96.8 Å². The third kappa shape index (κ3) is 2.87. The van der Waals surface area contributed by atoms with Gasteiger partial charge in [0.05, 0.1) is 24.1 Å². The normalized spacial score (nSPS) is 15.2. The van der Waals surface area contributed by atoms with Gasteiger partial charge in [0.1, 0.15) is 11.5 Å². The van der Waals surface area contributed by atoms with Crippen LogP contribution in [-0.4, -0.2) is 17.2 Å². The van der Waals surface area contributed by atoms with Gasteiger partial charge in [-0.3, -0.25) is 4.98 Å². The van der Waals surface area contributed by atoms with E-state index >= 15 is 0 Å². The van der Waals surface area contributed by atoms with Crippen LogP contribution in [0, 0.1) is 0 Å². The standard InChI is InChI=1S/C13H19NO2/c1-4-12-13(15-9(2)3)7-11(8-14-12)16-10-5-6-10/h7-10H,4-6H2,1-3H3. The molecule has 0 atom stereocenters. The van der Waals surface area contributed by atoms with Crippen LogP contribution in [0.3, 0.4) is 0 Å². The van der Waals surface area contributed by atoms with Gasteiger partial charge in [0.2, 0.25) is 0 Å². The van der Waals surface area contributed by atoms with E-state index in [-0.39, 0.29) is 6.10 Å². The van der Waals surface area contributed by atoms with E-state index in [9.17, 15) is 0 Å². The van der Waals surface area contributed by atoms with Gasteiger partial charge in [-0.15, -0.1) is 0 Å². The highest BCUT2D eigenvalue weighted by Crippen LogP contribution is 2.30. The molecule has 0 N–H and O–H groups in total. The fourth-order valence-electron chi connectivity index (χ4n) is 1.52. The first-order valence-corrected chi connectivity index (χ1v) is 6.01. The highest BCUT2D eigenvalue weighted by Gasteiger charge is 2.24. The molecule has 0 unspecified atom stereocenters. The van der Waals surface area contributed by atoms with E-state index in [4.69, 9.17) is 9.47 Å². The van der Waals surface area contributed by atoms with Crippen molar-refractivity contribution in [1.29, 1.82) is 0 Å². The summed E-state index contributed by atoms with van der Waals surface area (Å²) < 4.78 is 11.4. The van der Waals surface area contributed by atoms with E-state index in [0.29, 0.717) is 6.10 Å². The second-order valence-corrected chi connectivity index (χ2v) is 4.45. The molecule has 3 heteroatoms. The summed E-state index contributed by atoms with van der Waals surface area (Å²) in [6, 6.07) is 1.96. The Bertz CT molecular complexity index is 359. The van der Waals surface area contributed by atoms with Crippen molar-refractivity contribution in [3.05, 3.63) is 18.0 Å². The van der Waals surface area contributed by atoms with Crippen molar-refractivity contribution in [1.82, 2.24) is 4.98 Å². The van der Waals surface area contributed by atoms with Crippen LogP contribution in [0.15, 0.2) is 12.3 Å². The summed E-state index contributed by atoms with van der Waals surface area (Å²) in [4.78, 5) is 4.38. The second-order valence-electron chi connectivity index (χ2n) is 4.45. The number of nitrogens with zero attached hydrogens (tertiary/aromatic N) is 1. The third-order valence-electron chi connectivity index (χ3n) is 2.43. The van der Waals surface area contributed by atoms with Crippen molar-refractivity contribution in [2.75, 3.05) is 0 Å². The Morgan fingerprint density at radius 3 is 2.75 bits per heavy atom. The molecular formula is C13H19NO2. The zero-order chi connectivity index (χ0) is 11.5. The summed E-state index contributed by atoms with van der Waals surface area (Å²) in [6.07, 6.45) is 5.58. The number of pyridine rings is 1. The third-order valence-corrected chi connectivity index (χ3v) is 2.43.